The first-order valence-electron chi connectivity index (χ1n) is 11.5. The van der Waals surface area contributed by atoms with Crippen LogP contribution in [0.4, 0.5) is 5.69 Å². The van der Waals surface area contributed by atoms with Crippen molar-refractivity contribution in [3.63, 3.8) is 0 Å². The second-order valence-electron chi connectivity index (χ2n) is 9.17. The highest BCUT2D eigenvalue weighted by molar-refractivity contribution is 6.12. The minimum absolute atomic E-state index is 0.0885. The molecule has 4 aromatic rings. The molecule has 3 aromatic heterocycles. The minimum Gasteiger partial charge on any atom is -0.322 e. The Hall–Kier alpha value is -4.34. The van der Waals surface area contributed by atoms with Gasteiger partial charge in [0.15, 0.2) is 5.65 Å². The summed E-state index contributed by atoms with van der Waals surface area (Å²) in [6, 6.07) is 11.6. The zero-order valence-corrected chi connectivity index (χ0v) is 19.3. The molecule has 1 aromatic carbocycles. The van der Waals surface area contributed by atoms with Crippen LogP contribution in [-0.2, 0) is 6.54 Å². The molecule has 1 amide bonds. The molecule has 3 heterocycles. The van der Waals surface area contributed by atoms with E-state index >= 15 is 0 Å². The predicted molar refractivity (Wildman–Crippen MR) is 132 cm³/mol. The van der Waals surface area contributed by atoms with Crippen LogP contribution in [-0.4, -0.2) is 30.6 Å². The lowest BCUT2D eigenvalue weighted by molar-refractivity contribution is 0.102. The number of anilines is 1. The van der Waals surface area contributed by atoms with Gasteiger partial charge in [-0.3, -0.25) is 23.9 Å². The topological polar surface area (TPSA) is 143 Å². The van der Waals surface area contributed by atoms with Crippen LogP contribution in [0.5, 0.6) is 0 Å². The molecular formula is C25H24N6O4. The van der Waals surface area contributed by atoms with Gasteiger partial charge in [-0.1, -0.05) is 26.0 Å². The summed E-state index contributed by atoms with van der Waals surface area (Å²) < 4.78 is 1.44. The molecule has 0 bridgehead atoms. The van der Waals surface area contributed by atoms with E-state index in [1.54, 1.807) is 36.4 Å². The third-order valence-corrected chi connectivity index (χ3v) is 5.85. The number of aromatic nitrogens is 5. The molecule has 1 aliphatic rings. The van der Waals surface area contributed by atoms with Crippen molar-refractivity contribution in [2.75, 3.05) is 5.32 Å². The minimum atomic E-state index is -0.642. The summed E-state index contributed by atoms with van der Waals surface area (Å²) in [5.41, 5.74) is 1.34. The molecular weight excluding hydrogens is 448 g/mol. The number of carbonyl (C=O) groups is 1. The first kappa shape index (κ1) is 22.5. The van der Waals surface area contributed by atoms with Crippen LogP contribution in [0, 0.1) is 5.92 Å². The summed E-state index contributed by atoms with van der Waals surface area (Å²) in [6.45, 7) is 4.29. The maximum Gasteiger partial charge on any atom is 0.330 e. The maximum absolute atomic E-state index is 13.4. The molecule has 3 N–H and O–H groups in total. The van der Waals surface area contributed by atoms with Crippen LogP contribution < -0.4 is 22.1 Å². The Morgan fingerprint density at radius 1 is 1.14 bits per heavy atom. The number of amides is 1. The lowest BCUT2D eigenvalue weighted by Crippen LogP contribution is -2.33. The summed E-state index contributed by atoms with van der Waals surface area (Å²) in [6.07, 6.45) is 1.90. The van der Waals surface area contributed by atoms with Gasteiger partial charge < -0.3 is 5.32 Å². The second-order valence-corrected chi connectivity index (χ2v) is 9.17. The van der Waals surface area contributed by atoms with Gasteiger partial charge in [-0.25, -0.2) is 14.9 Å². The number of aromatic amines is 2. The van der Waals surface area contributed by atoms with Gasteiger partial charge in [-0.2, -0.15) is 5.10 Å². The first-order chi connectivity index (χ1) is 16.8. The Kier molecular flexibility index (Phi) is 5.64. The standard InChI is InChI=1S/C25H24N6O4/c1-13(2)12-31-22-21(24(34)28-25(31)35)17(11-19(27-22)14-6-7-14)23(33)26-16-5-3-4-15(10-16)18-8-9-20(32)30-29-18/h3-5,8-11,13-14H,6-7,12H2,1-2H3,(H,26,33)(H,30,32)(H,28,34,35). The Bertz CT molecular complexity index is 1610. The van der Waals surface area contributed by atoms with Gasteiger partial charge in [0, 0.05) is 35.5 Å². The molecule has 0 saturated heterocycles. The number of fused-ring (bicyclic) bond motifs is 1. The number of H-pyrrole nitrogens is 2. The predicted octanol–water partition coefficient (Wildman–Crippen LogP) is 2.62. The van der Waals surface area contributed by atoms with Crippen LogP contribution in [0.3, 0.4) is 0 Å². The lowest BCUT2D eigenvalue weighted by atomic mass is 10.1. The van der Waals surface area contributed by atoms with E-state index < -0.39 is 17.2 Å². The number of nitrogens with zero attached hydrogens (tertiary/aromatic N) is 3. The molecule has 178 valence electrons. The fraction of sp³-hybridized carbons (Fsp3) is 0.280. The zero-order valence-electron chi connectivity index (χ0n) is 19.3. The van der Waals surface area contributed by atoms with Gasteiger partial charge in [0.05, 0.1) is 16.6 Å². The highest BCUT2D eigenvalue weighted by Crippen LogP contribution is 2.40. The summed E-state index contributed by atoms with van der Waals surface area (Å²) in [5, 5.41) is 9.36. The smallest absolute Gasteiger partial charge is 0.322 e. The summed E-state index contributed by atoms with van der Waals surface area (Å²) in [7, 11) is 0. The van der Waals surface area contributed by atoms with E-state index in [4.69, 9.17) is 0 Å². The van der Waals surface area contributed by atoms with E-state index in [2.05, 4.69) is 25.5 Å². The highest BCUT2D eigenvalue weighted by atomic mass is 16.2. The van der Waals surface area contributed by atoms with Crippen molar-refractivity contribution in [1.82, 2.24) is 24.7 Å². The average Bonchev–Trinajstić information content (AvgIpc) is 3.67. The number of hydrogen-bond acceptors (Lipinski definition) is 6. The molecule has 0 unspecified atom stereocenters. The van der Waals surface area contributed by atoms with Crippen molar-refractivity contribution < 1.29 is 4.79 Å². The van der Waals surface area contributed by atoms with Gasteiger partial charge in [0.1, 0.15) is 0 Å². The van der Waals surface area contributed by atoms with Crippen LogP contribution >= 0.6 is 0 Å². The molecule has 1 aliphatic carbocycles. The van der Waals surface area contributed by atoms with Gasteiger partial charge >= 0.3 is 5.69 Å². The maximum atomic E-state index is 13.4. The molecule has 0 atom stereocenters. The molecule has 0 spiro atoms. The number of benzene rings is 1. The van der Waals surface area contributed by atoms with Crippen molar-refractivity contribution in [3.05, 3.63) is 84.9 Å². The fourth-order valence-electron chi connectivity index (χ4n) is 4.06. The molecule has 1 saturated carbocycles. The van der Waals surface area contributed by atoms with Crippen LogP contribution in [0.1, 0.15) is 48.7 Å². The molecule has 10 heteroatoms. The highest BCUT2D eigenvalue weighted by Gasteiger charge is 2.29. The van der Waals surface area contributed by atoms with Crippen LogP contribution in [0.25, 0.3) is 22.3 Å². The molecule has 35 heavy (non-hydrogen) atoms. The van der Waals surface area contributed by atoms with Gasteiger partial charge in [0.25, 0.3) is 17.0 Å². The molecule has 0 radical (unpaired) electrons. The van der Waals surface area contributed by atoms with Gasteiger partial charge in [0.2, 0.25) is 0 Å². The van der Waals surface area contributed by atoms with Gasteiger partial charge in [-0.15, -0.1) is 0 Å². The Morgan fingerprint density at radius 3 is 2.63 bits per heavy atom. The Balaban J connectivity index is 1.59. The van der Waals surface area contributed by atoms with E-state index in [1.165, 1.54) is 10.6 Å². The fourth-order valence-corrected chi connectivity index (χ4v) is 4.06. The van der Waals surface area contributed by atoms with Crippen molar-refractivity contribution in [1.29, 1.82) is 0 Å². The zero-order chi connectivity index (χ0) is 24.7. The molecule has 0 aliphatic heterocycles. The number of hydrogen-bond donors (Lipinski definition) is 3. The number of pyridine rings is 1. The van der Waals surface area contributed by atoms with E-state index in [-0.39, 0.29) is 34.0 Å². The van der Waals surface area contributed by atoms with E-state index in [0.29, 0.717) is 29.2 Å². The number of nitrogens with one attached hydrogen (secondary N) is 3. The second kappa shape index (κ2) is 8.79. The quantitative estimate of drug-likeness (QED) is 0.394. The lowest BCUT2D eigenvalue weighted by Gasteiger charge is -2.15. The van der Waals surface area contributed by atoms with Crippen molar-refractivity contribution >= 4 is 22.6 Å². The average molecular weight is 473 g/mol. The Morgan fingerprint density at radius 2 is 1.94 bits per heavy atom. The monoisotopic (exact) mass is 472 g/mol. The Labute approximate surface area is 199 Å². The molecule has 10 nitrogen and oxygen atoms in total. The first-order valence-corrected chi connectivity index (χ1v) is 11.5. The molecule has 5 rings (SSSR count). The number of rotatable bonds is 6. The normalized spacial score (nSPS) is 13.3. The summed E-state index contributed by atoms with van der Waals surface area (Å²) in [4.78, 5) is 57.2. The third-order valence-electron chi connectivity index (χ3n) is 5.85. The van der Waals surface area contributed by atoms with E-state index in [9.17, 15) is 19.2 Å². The van der Waals surface area contributed by atoms with E-state index in [1.807, 2.05) is 13.8 Å². The summed E-state index contributed by atoms with van der Waals surface area (Å²) >= 11 is 0. The van der Waals surface area contributed by atoms with Crippen LogP contribution in [0.15, 0.2) is 56.8 Å². The number of carbonyl (C=O) groups excluding carboxylic acids is 1. The van der Waals surface area contributed by atoms with Crippen molar-refractivity contribution in [2.45, 2.75) is 39.2 Å². The summed E-state index contributed by atoms with van der Waals surface area (Å²) in [5.74, 6) is -0.136. The van der Waals surface area contributed by atoms with Crippen LogP contribution in [0.2, 0.25) is 0 Å². The van der Waals surface area contributed by atoms with Crippen molar-refractivity contribution in [3.8, 4) is 11.3 Å². The largest absolute Gasteiger partial charge is 0.330 e. The molecule has 1 fully saturated rings. The van der Waals surface area contributed by atoms with Crippen molar-refractivity contribution in [2.24, 2.45) is 5.92 Å². The third kappa shape index (κ3) is 4.54. The van der Waals surface area contributed by atoms with E-state index in [0.717, 1.165) is 12.8 Å². The SMILES string of the molecule is CC(C)Cn1c(=O)[nH]c(=O)c2c(C(=O)Nc3cccc(-c4ccc(=O)[nH]n4)c3)cc(C3CC3)nc21. The van der Waals surface area contributed by atoms with Gasteiger partial charge in [-0.05, 0) is 43.0 Å².